The number of anilines is 2. The van der Waals surface area contributed by atoms with E-state index in [0.717, 1.165) is 37.4 Å². The number of piperazine rings is 1. The van der Waals surface area contributed by atoms with Gasteiger partial charge in [0.2, 0.25) is 0 Å². The van der Waals surface area contributed by atoms with Gasteiger partial charge in [0.05, 0.1) is 0 Å². The second-order valence-corrected chi connectivity index (χ2v) is 6.00. The average Bonchev–Trinajstić information content (AvgIpc) is 2.64. The quantitative estimate of drug-likeness (QED) is 0.938. The molecule has 24 heavy (non-hydrogen) atoms. The maximum Gasteiger partial charge on any atom is 0.321 e. The molecule has 0 radical (unpaired) electrons. The van der Waals surface area contributed by atoms with Crippen molar-refractivity contribution < 1.29 is 4.79 Å². The van der Waals surface area contributed by atoms with Crippen LogP contribution in [-0.4, -0.2) is 42.1 Å². The summed E-state index contributed by atoms with van der Waals surface area (Å²) in [7, 11) is 0. The lowest BCUT2D eigenvalue weighted by molar-refractivity contribution is 0.208. The van der Waals surface area contributed by atoms with Gasteiger partial charge in [-0.1, -0.05) is 37.6 Å². The minimum atomic E-state index is -0.0146. The lowest BCUT2D eigenvalue weighted by Crippen LogP contribution is -2.50. The average molecular weight is 324 g/mol. The van der Waals surface area contributed by atoms with Gasteiger partial charge in [-0.2, -0.15) is 0 Å². The first-order valence-electron chi connectivity index (χ1n) is 8.57. The Morgan fingerprint density at radius 1 is 1.08 bits per heavy atom. The fraction of sp³-hybridized carbons (Fsp3) is 0.368. The second kappa shape index (κ2) is 7.81. The van der Waals surface area contributed by atoms with Crippen molar-refractivity contribution in [3.05, 3.63) is 54.2 Å². The molecule has 0 atom stereocenters. The van der Waals surface area contributed by atoms with Gasteiger partial charge in [0.15, 0.2) is 0 Å². The summed E-state index contributed by atoms with van der Waals surface area (Å²) < 4.78 is 0. The van der Waals surface area contributed by atoms with E-state index >= 15 is 0 Å². The van der Waals surface area contributed by atoms with E-state index in [0.29, 0.717) is 13.1 Å². The van der Waals surface area contributed by atoms with Gasteiger partial charge in [-0.05, 0) is 30.2 Å². The van der Waals surface area contributed by atoms with Crippen molar-refractivity contribution in [2.75, 3.05) is 36.4 Å². The number of para-hydroxylation sites is 1. The Morgan fingerprint density at radius 3 is 2.54 bits per heavy atom. The highest BCUT2D eigenvalue weighted by molar-refractivity contribution is 5.90. The molecule has 0 bridgehead atoms. The van der Waals surface area contributed by atoms with Gasteiger partial charge >= 0.3 is 6.03 Å². The lowest BCUT2D eigenvalue weighted by atomic mass is 10.1. The molecule has 1 N–H and O–H groups in total. The first kappa shape index (κ1) is 16.3. The number of nitrogens with one attached hydrogen (secondary N) is 1. The van der Waals surface area contributed by atoms with Crippen LogP contribution in [0.3, 0.4) is 0 Å². The van der Waals surface area contributed by atoms with Crippen molar-refractivity contribution in [3.8, 4) is 0 Å². The van der Waals surface area contributed by atoms with Gasteiger partial charge in [-0.3, -0.25) is 0 Å². The zero-order chi connectivity index (χ0) is 16.8. The Morgan fingerprint density at radius 2 is 1.83 bits per heavy atom. The third-order valence-electron chi connectivity index (χ3n) is 4.32. The van der Waals surface area contributed by atoms with E-state index in [-0.39, 0.29) is 6.03 Å². The first-order chi connectivity index (χ1) is 11.8. The smallest absolute Gasteiger partial charge is 0.321 e. The van der Waals surface area contributed by atoms with Crippen molar-refractivity contribution in [3.63, 3.8) is 0 Å². The van der Waals surface area contributed by atoms with Crippen LogP contribution in [0, 0.1) is 0 Å². The molecule has 1 fully saturated rings. The van der Waals surface area contributed by atoms with Crippen LogP contribution >= 0.6 is 0 Å². The summed E-state index contributed by atoms with van der Waals surface area (Å²) in [6.07, 6.45) is 3.85. The zero-order valence-electron chi connectivity index (χ0n) is 14.1. The zero-order valence-corrected chi connectivity index (χ0v) is 14.1. The molecule has 1 saturated heterocycles. The van der Waals surface area contributed by atoms with E-state index in [1.165, 1.54) is 5.56 Å². The minimum absolute atomic E-state index is 0.0146. The van der Waals surface area contributed by atoms with Gasteiger partial charge in [-0.25, -0.2) is 9.78 Å². The van der Waals surface area contributed by atoms with E-state index in [4.69, 9.17) is 0 Å². The Balaban J connectivity index is 1.58. The molecule has 126 valence electrons. The summed E-state index contributed by atoms with van der Waals surface area (Å²) in [5.74, 6) is 0.978. The largest absolute Gasteiger partial charge is 0.353 e. The SMILES string of the molecule is CCCc1ccccc1NC(=O)N1CCN(c2ccccn2)CC1. The van der Waals surface area contributed by atoms with Gasteiger partial charge in [0, 0.05) is 38.1 Å². The molecule has 5 heteroatoms. The molecule has 0 spiro atoms. The number of pyridine rings is 1. The van der Waals surface area contributed by atoms with Crippen LogP contribution in [0.2, 0.25) is 0 Å². The van der Waals surface area contributed by atoms with Crippen molar-refractivity contribution in [2.24, 2.45) is 0 Å². The van der Waals surface area contributed by atoms with Gasteiger partial charge in [0.1, 0.15) is 5.82 Å². The van der Waals surface area contributed by atoms with Crippen molar-refractivity contribution in [1.29, 1.82) is 0 Å². The van der Waals surface area contributed by atoms with Crippen LogP contribution in [0.4, 0.5) is 16.3 Å². The van der Waals surface area contributed by atoms with Crippen LogP contribution in [0.1, 0.15) is 18.9 Å². The van der Waals surface area contributed by atoms with Crippen LogP contribution in [0.15, 0.2) is 48.7 Å². The summed E-state index contributed by atoms with van der Waals surface area (Å²) in [6.45, 7) is 5.17. The normalized spacial score (nSPS) is 14.5. The van der Waals surface area contributed by atoms with Crippen molar-refractivity contribution >= 4 is 17.5 Å². The number of carbonyl (C=O) groups excluding carboxylic acids is 1. The number of nitrogens with zero attached hydrogens (tertiary/aromatic N) is 3. The molecule has 1 aliphatic rings. The lowest BCUT2D eigenvalue weighted by Gasteiger charge is -2.35. The van der Waals surface area contributed by atoms with Crippen molar-refractivity contribution in [2.45, 2.75) is 19.8 Å². The number of aryl methyl sites for hydroxylation is 1. The third kappa shape index (κ3) is 3.85. The molecule has 1 aromatic carbocycles. The monoisotopic (exact) mass is 324 g/mol. The number of amides is 2. The molecule has 1 aromatic heterocycles. The first-order valence-corrected chi connectivity index (χ1v) is 8.57. The predicted molar refractivity (Wildman–Crippen MR) is 97.5 cm³/mol. The second-order valence-electron chi connectivity index (χ2n) is 6.00. The molecule has 2 amide bonds. The molecule has 0 unspecified atom stereocenters. The molecular weight excluding hydrogens is 300 g/mol. The number of hydrogen-bond donors (Lipinski definition) is 1. The van der Waals surface area contributed by atoms with E-state index in [9.17, 15) is 4.79 Å². The molecule has 0 saturated carbocycles. The number of rotatable bonds is 4. The third-order valence-corrected chi connectivity index (χ3v) is 4.32. The standard InChI is InChI=1S/C19H24N4O/c1-2-7-16-8-3-4-9-17(16)21-19(24)23-14-12-22(13-15-23)18-10-5-6-11-20-18/h3-6,8-11H,2,7,12-15H2,1H3,(H,21,24). The Bertz CT molecular complexity index is 666. The van der Waals surface area contributed by atoms with Crippen molar-refractivity contribution in [1.82, 2.24) is 9.88 Å². The Labute approximate surface area is 143 Å². The summed E-state index contributed by atoms with van der Waals surface area (Å²) >= 11 is 0. The molecule has 0 aliphatic carbocycles. The highest BCUT2D eigenvalue weighted by atomic mass is 16.2. The fourth-order valence-corrected chi connectivity index (χ4v) is 3.00. The summed E-state index contributed by atoms with van der Waals surface area (Å²) in [5.41, 5.74) is 2.12. The predicted octanol–water partition coefficient (Wildman–Crippen LogP) is 3.39. The number of aromatic nitrogens is 1. The maximum atomic E-state index is 12.5. The van der Waals surface area contributed by atoms with E-state index in [2.05, 4.69) is 28.2 Å². The number of carbonyl (C=O) groups is 1. The minimum Gasteiger partial charge on any atom is -0.353 e. The number of urea groups is 1. The van der Waals surface area contributed by atoms with Gasteiger partial charge < -0.3 is 15.1 Å². The van der Waals surface area contributed by atoms with Gasteiger partial charge in [-0.15, -0.1) is 0 Å². The van der Waals surface area contributed by atoms with Crippen LogP contribution in [0.25, 0.3) is 0 Å². The Hall–Kier alpha value is -2.56. The molecule has 5 nitrogen and oxygen atoms in total. The molecule has 1 aliphatic heterocycles. The van der Waals surface area contributed by atoms with Crippen LogP contribution < -0.4 is 10.2 Å². The highest BCUT2D eigenvalue weighted by Gasteiger charge is 2.22. The van der Waals surface area contributed by atoms with E-state index in [1.54, 1.807) is 6.20 Å². The van der Waals surface area contributed by atoms with Crippen LogP contribution in [-0.2, 0) is 6.42 Å². The molecular formula is C19H24N4O. The van der Waals surface area contributed by atoms with E-state index in [1.807, 2.05) is 41.3 Å². The molecule has 3 rings (SSSR count). The highest BCUT2D eigenvalue weighted by Crippen LogP contribution is 2.18. The Kier molecular flexibility index (Phi) is 5.31. The van der Waals surface area contributed by atoms with E-state index < -0.39 is 0 Å². The summed E-state index contributed by atoms with van der Waals surface area (Å²) in [5, 5.41) is 3.07. The topological polar surface area (TPSA) is 48.5 Å². The fourth-order valence-electron chi connectivity index (χ4n) is 3.00. The number of hydrogen-bond acceptors (Lipinski definition) is 3. The summed E-state index contributed by atoms with van der Waals surface area (Å²) in [6, 6.07) is 14.0. The number of benzene rings is 1. The molecule has 2 heterocycles. The maximum absolute atomic E-state index is 12.5. The van der Waals surface area contributed by atoms with Gasteiger partial charge in [0.25, 0.3) is 0 Å². The molecule has 2 aromatic rings. The van der Waals surface area contributed by atoms with Crippen LogP contribution in [0.5, 0.6) is 0 Å². The summed E-state index contributed by atoms with van der Waals surface area (Å²) in [4.78, 5) is 21.0.